The molecule has 0 heterocycles. The van der Waals surface area contributed by atoms with Gasteiger partial charge < -0.3 is 10.1 Å². The van der Waals surface area contributed by atoms with Crippen molar-refractivity contribution >= 4 is 6.21 Å². The second kappa shape index (κ2) is 4.08. The molecule has 0 spiro atoms. The Morgan fingerprint density at radius 3 is 2.62 bits per heavy atom. The van der Waals surface area contributed by atoms with Crippen molar-refractivity contribution in [3.05, 3.63) is 29.3 Å². The van der Waals surface area contributed by atoms with Gasteiger partial charge in [-0.3, -0.25) is 0 Å². The minimum absolute atomic E-state index is 0.182. The summed E-state index contributed by atoms with van der Waals surface area (Å²) in [6.07, 6.45) is 1.53. The molecule has 0 bridgehead atoms. The molecule has 1 N–H and O–H groups in total. The molecule has 13 heavy (non-hydrogen) atoms. The molecular formula is C11H15NO. The second-order valence-electron chi connectivity index (χ2n) is 3.33. The smallest absolute Gasteiger partial charge is 0.120 e. The fourth-order valence-electron chi connectivity index (χ4n) is 1.12. The van der Waals surface area contributed by atoms with Gasteiger partial charge in [0, 0.05) is 6.21 Å². The van der Waals surface area contributed by atoms with Crippen molar-refractivity contribution in [2.75, 3.05) is 0 Å². The van der Waals surface area contributed by atoms with E-state index in [1.54, 1.807) is 0 Å². The molecule has 1 aromatic rings. The summed E-state index contributed by atoms with van der Waals surface area (Å²) >= 11 is 0. The summed E-state index contributed by atoms with van der Waals surface area (Å²) in [5.41, 5.74) is 2.02. The monoisotopic (exact) mass is 177 g/mol. The lowest BCUT2D eigenvalue weighted by molar-refractivity contribution is 0.242. The summed E-state index contributed by atoms with van der Waals surface area (Å²) < 4.78 is 5.51. The maximum Gasteiger partial charge on any atom is 0.120 e. The first-order chi connectivity index (χ1) is 6.13. The van der Waals surface area contributed by atoms with Crippen LogP contribution < -0.4 is 4.74 Å². The summed E-state index contributed by atoms with van der Waals surface area (Å²) in [6, 6.07) is 5.79. The third kappa shape index (κ3) is 2.58. The van der Waals surface area contributed by atoms with Crippen LogP contribution in [0.25, 0.3) is 0 Å². The van der Waals surface area contributed by atoms with Gasteiger partial charge in [0.1, 0.15) is 5.75 Å². The first kappa shape index (κ1) is 9.78. The lowest BCUT2D eigenvalue weighted by atomic mass is 10.1. The van der Waals surface area contributed by atoms with Gasteiger partial charge >= 0.3 is 0 Å². The van der Waals surface area contributed by atoms with Crippen molar-refractivity contribution in [2.45, 2.75) is 26.9 Å². The molecule has 0 aliphatic carbocycles. The molecule has 0 radical (unpaired) electrons. The van der Waals surface area contributed by atoms with Crippen LogP contribution in [0.1, 0.15) is 25.0 Å². The molecule has 0 aliphatic heterocycles. The van der Waals surface area contributed by atoms with E-state index in [4.69, 9.17) is 10.1 Å². The molecule has 0 saturated heterocycles. The summed E-state index contributed by atoms with van der Waals surface area (Å²) in [6.45, 7) is 5.97. The van der Waals surface area contributed by atoms with Crippen LogP contribution in [0.15, 0.2) is 18.2 Å². The highest BCUT2D eigenvalue weighted by Crippen LogP contribution is 2.16. The minimum Gasteiger partial charge on any atom is -0.491 e. The molecule has 0 aromatic heterocycles. The van der Waals surface area contributed by atoms with Crippen molar-refractivity contribution < 1.29 is 4.74 Å². The highest BCUT2D eigenvalue weighted by molar-refractivity contribution is 5.79. The van der Waals surface area contributed by atoms with Crippen molar-refractivity contribution in [3.8, 4) is 5.75 Å². The van der Waals surface area contributed by atoms with Crippen molar-refractivity contribution in [1.29, 1.82) is 5.41 Å². The third-order valence-electron chi connectivity index (χ3n) is 1.78. The van der Waals surface area contributed by atoms with Crippen LogP contribution in [0.3, 0.4) is 0 Å². The quantitative estimate of drug-likeness (QED) is 0.707. The summed E-state index contributed by atoms with van der Waals surface area (Å²) in [7, 11) is 0. The molecule has 2 heteroatoms. The largest absolute Gasteiger partial charge is 0.491 e. The van der Waals surface area contributed by atoms with Gasteiger partial charge in [-0.25, -0.2) is 0 Å². The van der Waals surface area contributed by atoms with E-state index in [0.29, 0.717) is 0 Å². The van der Waals surface area contributed by atoms with E-state index < -0.39 is 0 Å². The summed E-state index contributed by atoms with van der Waals surface area (Å²) in [4.78, 5) is 0. The number of rotatable bonds is 3. The number of ether oxygens (including phenoxy) is 1. The van der Waals surface area contributed by atoms with Gasteiger partial charge in [0.05, 0.1) is 6.10 Å². The van der Waals surface area contributed by atoms with Crippen LogP contribution >= 0.6 is 0 Å². The van der Waals surface area contributed by atoms with Crippen molar-refractivity contribution in [2.24, 2.45) is 0 Å². The Labute approximate surface area is 79.1 Å². The van der Waals surface area contributed by atoms with E-state index >= 15 is 0 Å². The average molecular weight is 177 g/mol. The molecule has 0 amide bonds. The topological polar surface area (TPSA) is 33.1 Å². The molecule has 1 rings (SSSR count). The molecule has 2 nitrogen and oxygen atoms in total. The minimum atomic E-state index is 0.182. The third-order valence-corrected chi connectivity index (χ3v) is 1.78. The van der Waals surface area contributed by atoms with Crippen molar-refractivity contribution in [3.63, 3.8) is 0 Å². The molecule has 1 aromatic carbocycles. The summed E-state index contributed by atoms with van der Waals surface area (Å²) in [5, 5.41) is 7.18. The van der Waals surface area contributed by atoms with Crippen LogP contribution in [-0.2, 0) is 0 Å². The number of hydrogen-bond acceptors (Lipinski definition) is 2. The predicted molar refractivity (Wildman–Crippen MR) is 54.8 cm³/mol. The highest BCUT2D eigenvalue weighted by Gasteiger charge is 2.00. The molecule has 0 fully saturated rings. The maximum absolute atomic E-state index is 7.18. The molecule has 0 atom stereocenters. The summed E-state index contributed by atoms with van der Waals surface area (Å²) in [5.74, 6) is 0.833. The zero-order valence-electron chi connectivity index (χ0n) is 8.29. The van der Waals surface area contributed by atoms with Gasteiger partial charge in [-0.2, -0.15) is 0 Å². The lowest BCUT2D eigenvalue weighted by Gasteiger charge is -2.10. The van der Waals surface area contributed by atoms with Gasteiger partial charge in [0.15, 0.2) is 0 Å². The highest BCUT2D eigenvalue weighted by atomic mass is 16.5. The maximum atomic E-state index is 7.18. The number of nitrogens with one attached hydrogen (secondary N) is 1. The standard InChI is InChI=1S/C11H15NO/c1-8(2)13-11-5-4-9(3)10(6-11)7-12/h4-8,12H,1-3H3. The van der Waals surface area contributed by atoms with Crippen LogP contribution in [0.4, 0.5) is 0 Å². The van der Waals surface area contributed by atoms with Crippen LogP contribution in [-0.4, -0.2) is 12.3 Å². The fourth-order valence-corrected chi connectivity index (χ4v) is 1.12. The Kier molecular flexibility index (Phi) is 3.07. The Bertz CT molecular complexity index is 305. The van der Waals surface area contributed by atoms with Crippen molar-refractivity contribution in [1.82, 2.24) is 0 Å². The molecular weight excluding hydrogens is 162 g/mol. The van der Waals surface area contributed by atoms with Gasteiger partial charge in [-0.05, 0) is 44.0 Å². The Hall–Kier alpha value is -1.31. The van der Waals surface area contributed by atoms with Gasteiger partial charge in [0.25, 0.3) is 0 Å². The molecule has 70 valence electrons. The van der Waals surface area contributed by atoms with E-state index in [9.17, 15) is 0 Å². The molecule has 0 saturated carbocycles. The number of hydrogen-bond donors (Lipinski definition) is 1. The Morgan fingerprint density at radius 1 is 1.38 bits per heavy atom. The average Bonchev–Trinajstić information content (AvgIpc) is 2.07. The predicted octanol–water partition coefficient (Wildman–Crippen LogP) is 2.78. The zero-order chi connectivity index (χ0) is 9.84. The first-order valence-corrected chi connectivity index (χ1v) is 4.41. The van der Waals surface area contributed by atoms with E-state index in [1.807, 2.05) is 39.0 Å². The zero-order valence-corrected chi connectivity index (χ0v) is 8.29. The lowest BCUT2D eigenvalue weighted by Crippen LogP contribution is -2.05. The Balaban J connectivity index is 2.92. The van der Waals surface area contributed by atoms with E-state index in [2.05, 4.69) is 0 Å². The van der Waals surface area contributed by atoms with Crippen LogP contribution in [0, 0.1) is 12.3 Å². The van der Waals surface area contributed by atoms with E-state index in [1.165, 1.54) is 6.21 Å². The SMILES string of the molecule is Cc1ccc(OC(C)C)cc1C=N. The van der Waals surface area contributed by atoms with Crippen LogP contribution in [0.2, 0.25) is 0 Å². The number of aryl methyl sites for hydroxylation is 1. The second-order valence-corrected chi connectivity index (χ2v) is 3.33. The van der Waals surface area contributed by atoms with E-state index in [-0.39, 0.29) is 6.10 Å². The normalized spacial score (nSPS) is 10.2. The van der Waals surface area contributed by atoms with Gasteiger partial charge in [-0.1, -0.05) is 6.07 Å². The fraction of sp³-hybridized carbons (Fsp3) is 0.364. The number of benzene rings is 1. The first-order valence-electron chi connectivity index (χ1n) is 4.41. The Morgan fingerprint density at radius 2 is 2.08 bits per heavy atom. The van der Waals surface area contributed by atoms with Crippen LogP contribution in [0.5, 0.6) is 5.75 Å². The van der Waals surface area contributed by atoms with E-state index in [0.717, 1.165) is 16.9 Å². The molecule has 0 aliphatic rings. The van der Waals surface area contributed by atoms with Gasteiger partial charge in [0.2, 0.25) is 0 Å². The molecule has 0 unspecified atom stereocenters. The van der Waals surface area contributed by atoms with Gasteiger partial charge in [-0.15, -0.1) is 0 Å².